The summed E-state index contributed by atoms with van der Waals surface area (Å²) in [5.41, 5.74) is 1.87. The maximum Gasteiger partial charge on any atom is 0.257 e. The van der Waals surface area contributed by atoms with E-state index in [-0.39, 0.29) is 24.7 Å². The number of amides is 3. The third-order valence-electron chi connectivity index (χ3n) is 6.84. The van der Waals surface area contributed by atoms with Gasteiger partial charge < -0.3 is 15.3 Å². The Morgan fingerprint density at radius 2 is 1.90 bits per heavy atom. The van der Waals surface area contributed by atoms with Crippen LogP contribution in [-0.2, 0) is 9.59 Å². The molecule has 8 nitrogen and oxygen atoms in total. The Morgan fingerprint density at radius 1 is 1.13 bits per heavy atom. The average Bonchev–Trinajstić information content (AvgIpc) is 2.90. The first-order valence-electron chi connectivity index (χ1n) is 10.8. The molecule has 1 aliphatic carbocycles. The first-order chi connectivity index (χ1) is 14.4. The van der Waals surface area contributed by atoms with E-state index >= 15 is 0 Å². The number of hydrogen-bond acceptors (Lipinski definition) is 6. The molecular formula is C22H30N4O4. The Labute approximate surface area is 176 Å². The molecule has 2 fully saturated rings. The molecule has 1 aromatic rings. The highest BCUT2D eigenvalue weighted by atomic mass is 16.3. The summed E-state index contributed by atoms with van der Waals surface area (Å²) < 4.78 is 0. The van der Waals surface area contributed by atoms with E-state index < -0.39 is 18.2 Å². The maximum absolute atomic E-state index is 12.9. The van der Waals surface area contributed by atoms with Gasteiger partial charge in [-0.3, -0.25) is 24.6 Å². The summed E-state index contributed by atoms with van der Waals surface area (Å²) in [6, 6.07) is 5.39. The molecular weight excluding hydrogens is 384 g/mol. The lowest BCUT2D eigenvalue weighted by atomic mass is 10.00. The lowest BCUT2D eigenvalue weighted by Gasteiger charge is -2.35. The smallest absolute Gasteiger partial charge is 0.257 e. The van der Waals surface area contributed by atoms with Crippen LogP contribution in [0.15, 0.2) is 18.2 Å². The number of rotatable bonds is 4. The third-order valence-corrected chi connectivity index (χ3v) is 6.84. The number of piperidine rings is 1. The van der Waals surface area contributed by atoms with Gasteiger partial charge in [-0.05, 0) is 44.5 Å². The van der Waals surface area contributed by atoms with Crippen molar-refractivity contribution in [1.29, 1.82) is 0 Å². The highest BCUT2D eigenvalue weighted by Gasteiger charge is 2.44. The second-order valence-electron chi connectivity index (χ2n) is 8.54. The molecule has 2 heterocycles. The molecule has 2 unspecified atom stereocenters. The van der Waals surface area contributed by atoms with E-state index in [1.54, 1.807) is 6.07 Å². The SMILES string of the molecule is CN[C@H]1CCCCC[C@@H]1N(C)c1ccc2c(c1)C(O)N(C1CCC(=O)NC1=O)C2=O. The number of nitrogens with zero attached hydrogens (tertiary/aromatic N) is 2. The average molecular weight is 415 g/mol. The molecule has 4 rings (SSSR count). The van der Waals surface area contributed by atoms with Gasteiger partial charge in [0.05, 0.1) is 0 Å². The number of benzene rings is 1. The summed E-state index contributed by atoms with van der Waals surface area (Å²) in [5, 5.41) is 16.6. The number of nitrogens with one attached hydrogen (secondary N) is 2. The molecule has 4 atom stereocenters. The van der Waals surface area contributed by atoms with Gasteiger partial charge in [0.25, 0.3) is 5.91 Å². The molecule has 3 N–H and O–H groups in total. The van der Waals surface area contributed by atoms with E-state index in [1.165, 1.54) is 24.2 Å². The second kappa shape index (κ2) is 8.35. The number of imide groups is 1. The van der Waals surface area contributed by atoms with Crippen LogP contribution in [0, 0.1) is 0 Å². The minimum atomic E-state index is -1.20. The Morgan fingerprint density at radius 3 is 2.63 bits per heavy atom. The van der Waals surface area contributed by atoms with Crippen molar-refractivity contribution in [2.24, 2.45) is 0 Å². The van der Waals surface area contributed by atoms with Gasteiger partial charge in [-0.2, -0.15) is 0 Å². The fourth-order valence-corrected chi connectivity index (χ4v) is 5.12. The van der Waals surface area contributed by atoms with E-state index in [9.17, 15) is 19.5 Å². The van der Waals surface area contributed by atoms with Crippen molar-refractivity contribution < 1.29 is 19.5 Å². The molecule has 8 heteroatoms. The summed E-state index contributed by atoms with van der Waals surface area (Å²) in [7, 11) is 4.06. The summed E-state index contributed by atoms with van der Waals surface area (Å²) in [5.74, 6) is -1.25. The number of carbonyl (C=O) groups excluding carboxylic acids is 3. The lowest BCUT2D eigenvalue weighted by Crippen LogP contribution is -2.53. The molecule has 0 radical (unpaired) electrons. The van der Waals surface area contributed by atoms with Crippen LogP contribution in [0.5, 0.6) is 0 Å². The zero-order valence-corrected chi connectivity index (χ0v) is 17.6. The van der Waals surface area contributed by atoms with Crippen molar-refractivity contribution in [1.82, 2.24) is 15.5 Å². The third kappa shape index (κ3) is 3.58. The van der Waals surface area contributed by atoms with Crippen molar-refractivity contribution in [3.63, 3.8) is 0 Å². The molecule has 1 aromatic carbocycles. The number of aliphatic hydroxyl groups excluding tert-OH is 1. The molecule has 1 saturated carbocycles. The van der Waals surface area contributed by atoms with Crippen LogP contribution in [-0.4, -0.2) is 59.9 Å². The fraction of sp³-hybridized carbons (Fsp3) is 0.591. The van der Waals surface area contributed by atoms with Crippen molar-refractivity contribution >= 4 is 23.4 Å². The Kier molecular flexibility index (Phi) is 5.79. The number of likely N-dealkylation sites (N-methyl/N-ethyl adjacent to an activating group) is 2. The molecule has 2 aliphatic heterocycles. The van der Waals surface area contributed by atoms with Crippen LogP contribution in [0.1, 0.15) is 67.1 Å². The van der Waals surface area contributed by atoms with Crippen molar-refractivity contribution in [3.8, 4) is 0 Å². The van der Waals surface area contributed by atoms with Crippen LogP contribution in [0.3, 0.4) is 0 Å². The minimum Gasteiger partial charge on any atom is -0.370 e. The second-order valence-corrected chi connectivity index (χ2v) is 8.54. The molecule has 1 saturated heterocycles. The summed E-state index contributed by atoms with van der Waals surface area (Å²) >= 11 is 0. The quantitative estimate of drug-likeness (QED) is 0.507. The maximum atomic E-state index is 12.9. The predicted octanol–water partition coefficient (Wildman–Crippen LogP) is 1.30. The van der Waals surface area contributed by atoms with Crippen molar-refractivity contribution in [2.45, 2.75) is 69.3 Å². The molecule has 162 valence electrons. The first-order valence-corrected chi connectivity index (χ1v) is 10.8. The molecule has 3 amide bonds. The number of anilines is 1. The van der Waals surface area contributed by atoms with E-state index in [0.29, 0.717) is 23.2 Å². The number of fused-ring (bicyclic) bond motifs is 1. The van der Waals surface area contributed by atoms with Gasteiger partial charge in [0.2, 0.25) is 11.8 Å². The van der Waals surface area contributed by atoms with Crippen molar-refractivity contribution in [2.75, 3.05) is 19.0 Å². The van der Waals surface area contributed by atoms with Gasteiger partial charge in [-0.25, -0.2) is 0 Å². The Bertz CT molecular complexity index is 858. The molecule has 0 bridgehead atoms. The zero-order chi connectivity index (χ0) is 21.4. The van der Waals surface area contributed by atoms with Gasteiger partial charge in [0.1, 0.15) is 6.04 Å². The number of hydrogen-bond donors (Lipinski definition) is 3. The van der Waals surface area contributed by atoms with Crippen LogP contribution in [0.2, 0.25) is 0 Å². The Balaban J connectivity index is 1.59. The van der Waals surface area contributed by atoms with Crippen LogP contribution in [0.4, 0.5) is 5.69 Å². The van der Waals surface area contributed by atoms with Gasteiger partial charge >= 0.3 is 0 Å². The van der Waals surface area contributed by atoms with Gasteiger partial charge in [-0.1, -0.05) is 19.3 Å². The van der Waals surface area contributed by atoms with E-state index in [4.69, 9.17) is 0 Å². The molecule has 0 spiro atoms. The molecule has 0 aromatic heterocycles. The minimum absolute atomic E-state index is 0.157. The number of carbonyl (C=O) groups is 3. The standard InChI is InChI=1S/C22H30N4O4/c1-23-16-6-4-3-5-7-17(16)25(2)13-8-9-14-15(12-13)22(30)26(21(14)29)18-10-11-19(27)24-20(18)28/h8-9,12,16-18,22-23,30H,3-7,10-11H2,1-2H3,(H,24,27,28)/t16-,17-,18?,22?/m0/s1. The summed E-state index contributed by atoms with van der Waals surface area (Å²) in [6.45, 7) is 0. The van der Waals surface area contributed by atoms with E-state index in [1.807, 2.05) is 19.2 Å². The van der Waals surface area contributed by atoms with Crippen molar-refractivity contribution in [3.05, 3.63) is 29.3 Å². The van der Waals surface area contributed by atoms with Gasteiger partial charge in [-0.15, -0.1) is 0 Å². The summed E-state index contributed by atoms with van der Waals surface area (Å²) in [6.07, 6.45) is 5.03. The monoisotopic (exact) mass is 414 g/mol. The molecule has 3 aliphatic rings. The highest BCUT2D eigenvalue weighted by Crippen LogP contribution is 2.38. The Hall–Kier alpha value is -2.45. The predicted molar refractivity (Wildman–Crippen MR) is 112 cm³/mol. The topological polar surface area (TPSA) is 102 Å². The highest BCUT2D eigenvalue weighted by molar-refractivity contribution is 6.05. The lowest BCUT2D eigenvalue weighted by molar-refractivity contribution is -0.139. The molecule has 30 heavy (non-hydrogen) atoms. The largest absolute Gasteiger partial charge is 0.370 e. The zero-order valence-electron chi connectivity index (χ0n) is 17.6. The van der Waals surface area contributed by atoms with Crippen LogP contribution < -0.4 is 15.5 Å². The normalized spacial score (nSPS) is 29.4. The number of aliphatic hydroxyl groups is 1. The van der Waals surface area contributed by atoms with E-state index in [0.717, 1.165) is 18.5 Å². The first kappa shape index (κ1) is 20.8. The van der Waals surface area contributed by atoms with Gasteiger partial charge in [0, 0.05) is 42.4 Å². The van der Waals surface area contributed by atoms with Gasteiger partial charge in [0.15, 0.2) is 6.23 Å². The summed E-state index contributed by atoms with van der Waals surface area (Å²) in [4.78, 5) is 40.1. The van der Waals surface area contributed by atoms with Crippen LogP contribution >= 0.6 is 0 Å². The van der Waals surface area contributed by atoms with E-state index in [2.05, 4.69) is 22.6 Å². The van der Waals surface area contributed by atoms with Crippen LogP contribution in [0.25, 0.3) is 0 Å². The fourth-order valence-electron chi connectivity index (χ4n) is 5.12.